The smallest absolute Gasteiger partial charge is 0.258 e. The molecule has 7 nitrogen and oxygen atoms in total. The zero-order valence-electron chi connectivity index (χ0n) is 23.3. The molecule has 0 aromatic heterocycles. The van der Waals surface area contributed by atoms with Crippen LogP contribution in [-0.4, -0.2) is 50.2 Å². The van der Waals surface area contributed by atoms with E-state index in [4.69, 9.17) is 0 Å². The zero-order valence-corrected chi connectivity index (χ0v) is 24.1. The van der Waals surface area contributed by atoms with Gasteiger partial charge in [-0.1, -0.05) is 62.2 Å². The number of benzene rings is 3. The number of nitrogens with zero attached hydrogens (tertiary/aromatic N) is 2. The number of anilines is 2. The molecular formula is C32H38N4O3S. The van der Waals surface area contributed by atoms with Gasteiger partial charge in [-0.25, -0.2) is 12.7 Å². The highest BCUT2D eigenvalue weighted by Gasteiger charge is 2.31. The lowest BCUT2D eigenvalue weighted by molar-refractivity contribution is -0.110. The van der Waals surface area contributed by atoms with Gasteiger partial charge in [-0.3, -0.25) is 9.69 Å². The van der Waals surface area contributed by atoms with Crippen LogP contribution in [-0.2, 0) is 21.4 Å². The van der Waals surface area contributed by atoms with E-state index < -0.39 is 10.0 Å². The maximum absolute atomic E-state index is 13.4. The van der Waals surface area contributed by atoms with Crippen molar-refractivity contribution < 1.29 is 13.2 Å². The lowest BCUT2D eigenvalue weighted by Crippen LogP contribution is -2.29. The van der Waals surface area contributed by atoms with Crippen LogP contribution in [0.15, 0.2) is 77.7 Å². The molecule has 2 heterocycles. The Bertz CT molecular complexity index is 1480. The van der Waals surface area contributed by atoms with E-state index in [1.807, 2.05) is 49.4 Å². The lowest BCUT2D eigenvalue weighted by Gasteiger charge is -2.26. The number of rotatable bonds is 10. The molecular weight excluding hydrogens is 520 g/mol. The highest BCUT2D eigenvalue weighted by Crippen LogP contribution is 2.39. The van der Waals surface area contributed by atoms with Gasteiger partial charge in [0.1, 0.15) is 0 Å². The first-order valence-electron chi connectivity index (χ1n) is 14.2. The molecule has 0 bridgehead atoms. The summed E-state index contributed by atoms with van der Waals surface area (Å²) in [5.41, 5.74) is 5.18. The lowest BCUT2D eigenvalue weighted by atomic mass is 10.00. The molecule has 0 aliphatic carbocycles. The number of carbonyl (C=O) groups excluding carboxylic acids is 1. The predicted octanol–water partition coefficient (Wildman–Crippen LogP) is 6.03. The molecule has 0 spiro atoms. The van der Waals surface area contributed by atoms with Crippen molar-refractivity contribution in [2.24, 2.45) is 0 Å². The van der Waals surface area contributed by atoms with Crippen LogP contribution in [0, 0.1) is 0 Å². The summed E-state index contributed by atoms with van der Waals surface area (Å²) in [6.45, 7) is 5.70. The maximum atomic E-state index is 13.4. The highest BCUT2D eigenvalue weighted by molar-refractivity contribution is 7.89. The van der Waals surface area contributed by atoms with E-state index in [1.54, 1.807) is 25.2 Å². The summed E-state index contributed by atoms with van der Waals surface area (Å²) in [5.74, 6) is -0.267. The summed E-state index contributed by atoms with van der Waals surface area (Å²) < 4.78 is 28.0. The maximum Gasteiger partial charge on any atom is 0.258 e. The molecule has 2 aliphatic rings. The van der Waals surface area contributed by atoms with Crippen molar-refractivity contribution in [2.75, 3.05) is 37.3 Å². The van der Waals surface area contributed by atoms with Gasteiger partial charge in [0.05, 0.1) is 16.2 Å². The van der Waals surface area contributed by atoms with Gasteiger partial charge in [0, 0.05) is 37.1 Å². The Labute approximate surface area is 237 Å². The topological polar surface area (TPSA) is 81.8 Å². The molecule has 3 aromatic rings. The van der Waals surface area contributed by atoms with Gasteiger partial charge in [-0.2, -0.15) is 0 Å². The predicted molar refractivity (Wildman–Crippen MR) is 162 cm³/mol. The second kappa shape index (κ2) is 12.4. The minimum atomic E-state index is -3.69. The fourth-order valence-electron chi connectivity index (χ4n) is 5.33. The molecule has 0 saturated carbocycles. The van der Waals surface area contributed by atoms with Crippen molar-refractivity contribution in [2.45, 2.75) is 50.5 Å². The van der Waals surface area contributed by atoms with E-state index in [2.05, 4.69) is 27.7 Å². The third-order valence-electron chi connectivity index (χ3n) is 7.66. The first-order valence-corrected chi connectivity index (χ1v) is 15.6. The normalized spacial score (nSPS) is 17.0. The summed E-state index contributed by atoms with van der Waals surface area (Å²) in [5, 5.41) is 6.42. The summed E-state index contributed by atoms with van der Waals surface area (Å²) in [7, 11) is -2.09. The molecule has 0 atom stereocenters. The molecule has 0 radical (unpaired) electrons. The summed E-state index contributed by atoms with van der Waals surface area (Å²) in [4.78, 5) is 16.0. The van der Waals surface area contributed by atoms with Gasteiger partial charge in [-0.05, 0) is 73.8 Å². The van der Waals surface area contributed by atoms with Crippen LogP contribution in [0.5, 0.6) is 0 Å². The zero-order chi connectivity index (χ0) is 28.1. The molecule has 210 valence electrons. The van der Waals surface area contributed by atoms with E-state index >= 15 is 0 Å². The Morgan fingerprint density at radius 1 is 0.975 bits per heavy atom. The van der Waals surface area contributed by atoms with Crippen molar-refractivity contribution in [1.82, 2.24) is 9.21 Å². The van der Waals surface area contributed by atoms with Crippen molar-refractivity contribution in [3.05, 3.63) is 89.5 Å². The van der Waals surface area contributed by atoms with Crippen molar-refractivity contribution in [3.63, 3.8) is 0 Å². The molecule has 1 saturated heterocycles. The minimum Gasteiger partial charge on any atom is -0.354 e. The van der Waals surface area contributed by atoms with E-state index in [0.717, 1.165) is 43.7 Å². The Morgan fingerprint density at radius 3 is 2.40 bits per heavy atom. The number of hydrogen-bond donors (Lipinski definition) is 2. The second-order valence-electron chi connectivity index (χ2n) is 10.6. The first kappa shape index (κ1) is 28.1. The van der Waals surface area contributed by atoms with Crippen LogP contribution in [0.2, 0.25) is 0 Å². The van der Waals surface area contributed by atoms with Crippen molar-refractivity contribution in [1.29, 1.82) is 0 Å². The third-order valence-corrected chi connectivity index (χ3v) is 9.51. The standard InChI is InChI=1S/C32H38N4O3S/c1-3-4-19-35(2)40(38,39)27-17-18-29-28(22-27)30(32(37)34-29)31(25-11-7-5-8-12-25)33-26-15-13-24(14-16-26)23-36-20-9-6-10-21-36/h5,7-8,11-18,22,33H,3-4,6,9-10,19-21,23H2,1-2H3,(H,34,37)/b31-30-. The number of fused-ring (bicyclic) bond motifs is 1. The second-order valence-corrected chi connectivity index (χ2v) is 12.7. The molecule has 5 rings (SSSR count). The van der Waals surface area contributed by atoms with Crippen LogP contribution in [0.3, 0.4) is 0 Å². The SMILES string of the molecule is CCCCN(C)S(=O)(=O)c1ccc2c(c1)/C(=C(/Nc1ccc(CN3CCCCC3)cc1)c1ccccc1)C(=O)N2. The number of unbranched alkanes of at least 4 members (excludes halogenated alkanes) is 1. The van der Waals surface area contributed by atoms with Crippen LogP contribution in [0.1, 0.15) is 55.7 Å². The van der Waals surface area contributed by atoms with E-state index in [1.165, 1.54) is 29.1 Å². The van der Waals surface area contributed by atoms with Gasteiger partial charge in [0.15, 0.2) is 0 Å². The molecule has 40 heavy (non-hydrogen) atoms. The number of nitrogens with one attached hydrogen (secondary N) is 2. The number of hydrogen-bond acceptors (Lipinski definition) is 5. The van der Waals surface area contributed by atoms with Gasteiger partial charge >= 0.3 is 0 Å². The molecule has 1 fully saturated rings. The van der Waals surface area contributed by atoms with Crippen LogP contribution < -0.4 is 10.6 Å². The number of sulfonamides is 1. The molecule has 3 aromatic carbocycles. The highest BCUT2D eigenvalue weighted by atomic mass is 32.2. The van der Waals surface area contributed by atoms with E-state index in [-0.39, 0.29) is 10.8 Å². The molecule has 2 aliphatic heterocycles. The van der Waals surface area contributed by atoms with Crippen LogP contribution in [0.25, 0.3) is 11.3 Å². The van der Waals surface area contributed by atoms with Gasteiger partial charge in [0.2, 0.25) is 10.0 Å². The Morgan fingerprint density at radius 2 is 1.70 bits per heavy atom. The Balaban J connectivity index is 1.50. The van der Waals surface area contributed by atoms with Gasteiger partial charge < -0.3 is 10.6 Å². The Kier molecular flexibility index (Phi) is 8.69. The van der Waals surface area contributed by atoms with E-state index in [9.17, 15) is 13.2 Å². The summed E-state index contributed by atoms with van der Waals surface area (Å²) in [6, 6.07) is 22.9. The third kappa shape index (κ3) is 6.14. The minimum absolute atomic E-state index is 0.174. The molecule has 0 unspecified atom stereocenters. The molecule has 8 heteroatoms. The number of amides is 1. The fraction of sp³-hybridized carbons (Fsp3) is 0.344. The number of carbonyl (C=O) groups is 1. The van der Waals surface area contributed by atoms with Crippen molar-refractivity contribution in [3.8, 4) is 0 Å². The number of likely N-dealkylation sites (tertiary alicyclic amines) is 1. The van der Waals surface area contributed by atoms with Gasteiger partial charge in [-0.15, -0.1) is 0 Å². The monoisotopic (exact) mass is 558 g/mol. The van der Waals surface area contributed by atoms with E-state index in [0.29, 0.717) is 29.1 Å². The quantitative estimate of drug-likeness (QED) is 0.297. The van der Waals surface area contributed by atoms with Crippen molar-refractivity contribution >= 4 is 38.6 Å². The fourth-order valence-corrected chi connectivity index (χ4v) is 6.57. The van der Waals surface area contributed by atoms with Gasteiger partial charge in [0.25, 0.3) is 5.91 Å². The van der Waals surface area contributed by atoms with Crippen LogP contribution in [0.4, 0.5) is 11.4 Å². The van der Waals surface area contributed by atoms with Crippen LogP contribution >= 0.6 is 0 Å². The largest absolute Gasteiger partial charge is 0.354 e. The molecule has 1 amide bonds. The number of piperidine rings is 1. The average Bonchev–Trinajstić information content (AvgIpc) is 3.31. The Hall–Kier alpha value is -3.46. The average molecular weight is 559 g/mol. The molecule has 2 N–H and O–H groups in total. The summed E-state index contributed by atoms with van der Waals surface area (Å²) >= 11 is 0. The summed E-state index contributed by atoms with van der Waals surface area (Å²) in [6.07, 6.45) is 5.52. The first-order chi connectivity index (χ1) is 19.4.